The molecule has 1 heterocycles. The van der Waals surface area contributed by atoms with Gasteiger partial charge in [-0.25, -0.2) is 4.39 Å². The number of nitrogens with zero attached hydrogens (tertiary/aromatic N) is 2. The first-order chi connectivity index (χ1) is 15.0. The second-order valence-electron chi connectivity index (χ2n) is 9.32. The first-order valence-corrected chi connectivity index (χ1v) is 11.7. The Hall–Kier alpha value is -2.01. The van der Waals surface area contributed by atoms with Gasteiger partial charge in [-0.15, -0.1) is 0 Å². The minimum absolute atomic E-state index is 0.0907. The highest BCUT2D eigenvalue weighted by Crippen LogP contribution is 2.41. The van der Waals surface area contributed by atoms with Crippen LogP contribution in [0.15, 0.2) is 60.2 Å². The second-order valence-corrected chi connectivity index (χ2v) is 9.32. The Morgan fingerprint density at radius 1 is 1.00 bits per heavy atom. The normalized spacial score (nSPS) is 27.3. The van der Waals surface area contributed by atoms with E-state index in [1.165, 1.54) is 6.07 Å². The molecule has 2 atom stereocenters. The lowest BCUT2D eigenvalue weighted by Crippen LogP contribution is -2.51. The van der Waals surface area contributed by atoms with Crippen LogP contribution in [0.2, 0.25) is 0 Å². The predicted molar refractivity (Wildman–Crippen MR) is 125 cm³/mol. The third kappa shape index (κ3) is 5.43. The second kappa shape index (κ2) is 10.1. The summed E-state index contributed by atoms with van der Waals surface area (Å²) in [6.07, 6.45) is 6.49. The van der Waals surface area contributed by atoms with E-state index in [0.29, 0.717) is 12.0 Å². The molecule has 0 spiro atoms. The van der Waals surface area contributed by atoms with Crippen LogP contribution < -0.4 is 0 Å². The zero-order valence-corrected chi connectivity index (χ0v) is 18.6. The van der Waals surface area contributed by atoms with E-state index < -0.39 is 5.60 Å². The van der Waals surface area contributed by atoms with Crippen LogP contribution in [0.5, 0.6) is 0 Å². The molecule has 0 radical (unpaired) electrons. The van der Waals surface area contributed by atoms with Gasteiger partial charge in [0.1, 0.15) is 5.82 Å². The number of aliphatic hydroxyl groups is 1. The van der Waals surface area contributed by atoms with Crippen molar-refractivity contribution in [3.05, 3.63) is 77.1 Å². The molecule has 1 saturated carbocycles. The Bertz CT molecular complexity index is 876. The molecule has 4 rings (SSSR count). The summed E-state index contributed by atoms with van der Waals surface area (Å²) in [4.78, 5) is 4.85. The van der Waals surface area contributed by atoms with Crippen molar-refractivity contribution in [2.24, 2.45) is 5.92 Å². The van der Waals surface area contributed by atoms with Crippen LogP contribution in [0.1, 0.15) is 36.8 Å². The summed E-state index contributed by atoms with van der Waals surface area (Å²) in [7, 11) is 2.16. The Balaban J connectivity index is 1.68. The summed E-state index contributed by atoms with van der Waals surface area (Å²) in [5.74, 6) is -0.134. The van der Waals surface area contributed by atoms with E-state index in [4.69, 9.17) is 0 Å². The quantitative estimate of drug-likeness (QED) is 0.713. The van der Waals surface area contributed by atoms with E-state index in [9.17, 15) is 9.50 Å². The minimum atomic E-state index is -1.04. The number of likely N-dealkylation sites (N-methyl/N-ethyl adjacent to an activating group) is 1. The standard InChI is InChI=1S/C27H35FN2O/c1-29-15-17-30(18-16-29)21-25-13-7-6-12-24(19-22-9-3-2-4-10-22)27(25,31)20-23-11-5-8-14-26(23)28/h2-5,8-11,14,19,25,31H,6-7,12-13,15-18,20-21H2,1H3/b24-19-. The van der Waals surface area contributed by atoms with Crippen molar-refractivity contribution in [3.63, 3.8) is 0 Å². The van der Waals surface area contributed by atoms with Gasteiger partial charge in [-0.2, -0.15) is 0 Å². The molecular weight excluding hydrogens is 387 g/mol. The van der Waals surface area contributed by atoms with Gasteiger partial charge in [0.15, 0.2) is 0 Å². The third-order valence-corrected chi connectivity index (χ3v) is 7.11. The fourth-order valence-electron chi connectivity index (χ4n) is 5.15. The van der Waals surface area contributed by atoms with E-state index in [0.717, 1.165) is 69.5 Å². The Kier molecular flexibility index (Phi) is 7.21. The van der Waals surface area contributed by atoms with Gasteiger partial charge in [-0.1, -0.05) is 61.0 Å². The fourth-order valence-corrected chi connectivity index (χ4v) is 5.15. The van der Waals surface area contributed by atoms with Gasteiger partial charge in [0, 0.05) is 45.1 Å². The molecule has 1 N–H and O–H groups in total. The monoisotopic (exact) mass is 422 g/mol. The maximum atomic E-state index is 14.7. The molecule has 2 aromatic carbocycles. The number of rotatable bonds is 5. The number of halogens is 1. The maximum Gasteiger partial charge on any atom is 0.126 e. The molecule has 2 unspecified atom stereocenters. The zero-order valence-electron chi connectivity index (χ0n) is 18.6. The highest BCUT2D eigenvalue weighted by Gasteiger charge is 2.42. The van der Waals surface area contributed by atoms with Crippen molar-refractivity contribution >= 4 is 6.08 Å². The molecule has 2 fully saturated rings. The molecule has 0 amide bonds. The molecule has 0 bridgehead atoms. The van der Waals surface area contributed by atoms with E-state index >= 15 is 0 Å². The van der Waals surface area contributed by atoms with Crippen molar-refractivity contribution in [1.29, 1.82) is 0 Å². The number of hydrogen-bond acceptors (Lipinski definition) is 3. The summed E-state index contributed by atoms with van der Waals surface area (Å²) in [6.45, 7) is 5.04. The van der Waals surface area contributed by atoms with Crippen molar-refractivity contribution in [2.75, 3.05) is 39.8 Å². The van der Waals surface area contributed by atoms with Crippen LogP contribution >= 0.6 is 0 Å². The number of hydrogen-bond donors (Lipinski definition) is 1. The lowest BCUT2D eigenvalue weighted by molar-refractivity contribution is -0.00697. The van der Waals surface area contributed by atoms with Crippen LogP contribution in [0.3, 0.4) is 0 Å². The molecule has 1 saturated heterocycles. The average Bonchev–Trinajstić information content (AvgIpc) is 2.92. The molecule has 2 aliphatic rings. The topological polar surface area (TPSA) is 26.7 Å². The van der Waals surface area contributed by atoms with Crippen LogP contribution in [-0.2, 0) is 6.42 Å². The lowest BCUT2D eigenvalue weighted by atomic mass is 9.74. The van der Waals surface area contributed by atoms with Crippen molar-refractivity contribution in [1.82, 2.24) is 9.80 Å². The summed E-state index contributed by atoms with van der Waals surface area (Å²) in [6, 6.07) is 17.1. The van der Waals surface area contributed by atoms with Crippen molar-refractivity contribution in [3.8, 4) is 0 Å². The summed E-state index contributed by atoms with van der Waals surface area (Å²) in [5, 5.41) is 12.3. The third-order valence-electron chi connectivity index (χ3n) is 7.11. The summed E-state index contributed by atoms with van der Waals surface area (Å²) >= 11 is 0. The largest absolute Gasteiger partial charge is 0.385 e. The smallest absolute Gasteiger partial charge is 0.126 e. The molecule has 3 nitrogen and oxygen atoms in total. The average molecular weight is 423 g/mol. The van der Waals surface area contributed by atoms with Gasteiger partial charge in [0.2, 0.25) is 0 Å². The van der Waals surface area contributed by atoms with Gasteiger partial charge >= 0.3 is 0 Å². The molecule has 4 heteroatoms. The molecule has 1 aliphatic carbocycles. The van der Waals surface area contributed by atoms with Crippen LogP contribution in [0.4, 0.5) is 4.39 Å². The Morgan fingerprint density at radius 3 is 2.45 bits per heavy atom. The lowest BCUT2D eigenvalue weighted by Gasteiger charge is -2.42. The van der Waals surface area contributed by atoms with Crippen molar-refractivity contribution in [2.45, 2.75) is 37.7 Å². The minimum Gasteiger partial charge on any atom is -0.385 e. The predicted octanol–water partition coefficient (Wildman–Crippen LogP) is 4.62. The molecule has 31 heavy (non-hydrogen) atoms. The highest BCUT2D eigenvalue weighted by atomic mass is 19.1. The maximum absolute atomic E-state index is 14.7. The zero-order chi connectivity index (χ0) is 21.7. The molecular formula is C27H35FN2O. The summed E-state index contributed by atoms with van der Waals surface area (Å²) < 4.78 is 14.7. The highest BCUT2D eigenvalue weighted by molar-refractivity contribution is 5.56. The van der Waals surface area contributed by atoms with E-state index in [1.54, 1.807) is 6.07 Å². The SMILES string of the molecule is CN1CCN(CC2CCCC/C(=C/c3ccccc3)C2(O)Cc2ccccc2F)CC1. The van der Waals surface area contributed by atoms with Gasteiger partial charge in [0.25, 0.3) is 0 Å². The van der Waals surface area contributed by atoms with Crippen LogP contribution in [0, 0.1) is 11.7 Å². The molecule has 1 aliphatic heterocycles. The number of piperazine rings is 1. The Morgan fingerprint density at radius 2 is 1.71 bits per heavy atom. The number of benzene rings is 2. The summed E-state index contributed by atoms with van der Waals surface area (Å²) in [5.41, 5.74) is 1.72. The van der Waals surface area contributed by atoms with E-state index in [-0.39, 0.29) is 11.7 Å². The molecule has 2 aromatic rings. The first kappa shape index (κ1) is 22.2. The Labute approximate surface area is 186 Å². The van der Waals surface area contributed by atoms with Gasteiger partial charge in [0.05, 0.1) is 5.60 Å². The van der Waals surface area contributed by atoms with Crippen molar-refractivity contribution < 1.29 is 9.50 Å². The van der Waals surface area contributed by atoms with Crippen LogP contribution in [-0.4, -0.2) is 60.3 Å². The molecule has 0 aromatic heterocycles. The fraction of sp³-hybridized carbons (Fsp3) is 0.481. The van der Waals surface area contributed by atoms with E-state index in [2.05, 4.69) is 35.1 Å². The van der Waals surface area contributed by atoms with Gasteiger partial charge in [-0.05, 0) is 49.1 Å². The first-order valence-electron chi connectivity index (χ1n) is 11.7. The van der Waals surface area contributed by atoms with E-state index in [1.807, 2.05) is 30.3 Å². The van der Waals surface area contributed by atoms with Gasteiger partial charge < -0.3 is 14.9 Å². The van der Waals surface area contributed by atoms with Gasteiger partial charge in [-0.3, -0.25) is 0 Å². The van der Waals surface area contributed by atoms with Crippen LogP contribution in [0.25, 0.3) is 6.08 Å². The molecule has 166 valence electrons.